The quantitative estimate of drug-likeness (QED) is 0.783. The van der Waals surface area contributed by atoms with E-state index in [4.69, 9.17) is 9.47 Å². The maximum Gasteiger partial charge on any atom is 0.161 e. The molecule has 0 unspecified atom stereocenters. The van der Waals surface area contributed by atoms with Crippen molar-refractivity contribution < 1.29 is 9.47 Å². The Bertz CT molecular complexity index is 386. The van der Waals surface area contributed by atoms with E-state index in [1.54, 1.807) is 0 Å². The number of piperidine rings is 1. The van der Waals surface area contributed by atoms with Gasteiger partial charge in [-0.2, -0.15) is 0 Å². The largest absolute Gasteiger partial charge is 0.486 e. The van der Waals surface area contributed by atoms with Crippen LogP contribution in [-0.4, -0.2) is 31.2 Å². The van der Waals surface area contributed by atoms with Crippen molar-refractivity contribution in [3.05, 3.63) is 23.8 Å². The van der Waals surface area contributed by atoms with Gasteiger partial charge in [-0.25, -0.2) is 0 Å². The standard InChI is InChI=1S/C14H19NO2/c1-2-6-15(7-3-1)11-12-4-5-13-14(10-12)17-9-8-16-13/h4-5,10H,1-3,6-9,11H2. The maximum absolute atomic E-state index is 5.61. The summed E-state index contributed by atoms with van der Waals surface area (Å²) in [5.74, 6) is 1.80. The topological polar surface area (TPSA) is 21.7 Å². The Morgan fingerprint density at radius 2 is 1.71 bits per heavy atom. The van der Waals surface area contributed by atoms with E-state index < -0.39 is 0 Å². The van der Waals surface area contributed by atoms with E-state index in [0.717, 1.165) is 18.0 Å². The van der Waals surface area contributed by atoms with E-state index in [1.165, 1.54) is 37.9 Å². The van der Waals surface area contributed by atoms with Crippen molar-refractivity contribution in [3.8, 4) is 11.5 Å². The van der Waals surface area contributed by atoms with Gasteiger partial charge in [0.1, 0.15) is 13.2 Å². The van der Waals surface area contributed by atoms with Crippen molar-refractivity contribution in [1.29, 1.82) is 0 Å². The minimum absolute atomic E-state index is 0.665. The van der Waals surface area contributed by atoms with Crippen LogP contribution in [-0.2, 0) is 6.54 Å². The second kappa shape index (κ2) is 4.96. The SMILES string of the molecule is c1cc2c(cc1CN1CCCCC1)OCCO2. The third-order valence-corrected chi connectivity index (χ3v) is 3.46. The molecular formula is C14H19NO2. The normalized spacial score (nSPS) is 20.2. The molecule has 3 heteroatoms. The summed E-state index contributed by atoms with van der Waals surface area (Å²) in [5, 5.41) is 0. The molecule has 0 amide bonds. The summed E-state index contributed by atoms with van der Waals surface area (Å²) in [5.41, 5.74) is 1.33. The lowest BCUT2D eigenvalue weighted by molar-refractivity contribution is 0.170. The second-order valence-corrected chi connectivity index (χ2v) is 4.81. The van der Waals surface area contributed by atoms with Crippen LogP contribution in [0.2, 0.25) is 0 Å². The molecule has 17 heavy (non-hydrogen) atoms. The third kappa shape index (κ3) is 2.55. The zero-order chi connectivity index (χ0) is 11.5. The van der Waals surface area contributed by atoms with Crippen LogP contribution in [0.3, 0.4) is 0 Å². The van der Waals surface area contributed by atoms with E-state index in [1.807, 2.05) is 6.07 Å². The molecule has 2 heterocycles. The smallest absolute Gasteiger partial charge is 0.161 e. The highest BCUT2D eigenvalue weighted by Gasteiger charge is 2.14. The van der Waals surface area contributed by atoms with E-state index in [0.29, 0.717) is 13.2 Å². The third-order valence-electron chi connectivity index (χ3n) is 3.46. The number of nitrogens with zero attached hydrogens (tertiary/aromatic N) is 1. The lowest BCUT2D eigenvalue weighted by Crippen LogP contribution is -2.29. The summed E-state index contributed by atoms with van der Waals surface area (Å²) in [6.07, 6.45) is 4.06. The molecule has 0 saturated carbocycles. The van der Waals surface area contributed by atoms with E-state index in [2.05, 4.69) is 17.0 Å². The number of hydrogen-bond acceptors (Lipinski definition) is 3. The van der Waals surface area contributed by atoms with E-state index >= 15 is 0 Å². The summed E-state index contributed by atoms with van der Waals surface area (Å²) >= 11 is 0. The number of hydrogen-bond donors (Lipinski definition) is 0. The molecular weight excluding hydrogens is 214 g/mol. The van der Waals surface area contributed by atoms with Crippen molar-refractivity contribution in [2.75, 3.05) is 26.3 Å². The van der Waals surface area contributed by atoms with Gasteiger partial charge in [0.15, 0.2) is 11.5 Å². The molecule has 92 valence electrons. The zero-order valence-corrected chi connectivity index (χ0v) is 10.2. The van der Waals surface area contributed by atoms with Crippen LogP contribution in [0.4, 0.5) is 0 Å². The van der Waals surface area contributed by atoms with Gasteiger partial charge in [-0.05, 0) is 43.6 Å². The number of likely N-dealkylation sites (tertiary alicyclic amines) is 1. The molecule has 2 aliphatic heterocycles. The first-order valence-corrected chi connectivity index (χ1v) is 6.53. The van der Waals surface area contributed by atoms with Gasteiger partial charge in [-0.1, -0.05) is 12.5 Å². The van der Waals surface area contributed by atoms with Gasteiger partial charge in [0.25, 0.3) is 0 Å². The van der Waals surface area contributed by atoms with Crippen molar-refractivity contribution >= 4 is 0 Å². The first-order valence-electron chi connectivity index (χ1n) is 6.53. The molecule has 1 aromatic rings. The summed E-state index contributed by atoms with van der Waals surface area (Å²) in [6.45, 7) is 4.83. The molecule has 0 radical (unpaired) electrons. The highest BCUT2D eigenvalue weighted by Crippen LogP contribution is 2.31. The Balaban J connectivity index is 1.70. The van der Waals surface area contributed by atoms with Crippen LogP contribution in [0, 0.1) is 0 Å². The number of benzene rings is 1. The maximum atomic E-state index is 5.61. The Kier molecular flexibility index (Phi) is 3.18. The van der Waals surface area contributed by atoms with Crippen molar-refractivity contribution in [2.24, 2.45) is 0 Å². The Morgan fingerprint density at radius 1 is 0.941 bits per heavy atom. The van der Waals surface area contributed by atoms with Gasteiger partial charge in [0.05, 0.1) is 0 Å². The molecule has 0 spiro atoms. The molecule has 0 N–H and O–H groups in total. The monoisotopic (exact) mass is 233 g/mol. The first kappa shape index (κ1) is 10.9. The fourth-order valence-electron chi connectivity index (χ4n) is 2.56. The minimum atomic E-state index is 0.665. The van der Waals surface area contributed by atoms with Crippen molar-refractivity contribution in [3.63, 3.8) is 0 Å². The highest BCUT2D eigenvalue weighted by molar-refractivity contribution is 5.43. The van der Waals surface area contributed by atoms with Crippen LogP contribution in [0.1, 0.15) is 24.8 Å². The first-order chi connectivity index (χ1) is 8.42. The lowest BCUT2D eigenvalue weighted by Gasteiger charge is -2.27. The zero-order valence-electron chi connectivity index (χ0n) is 10.2. The minimum Gasteiger partial charge on any atom is -0.486 e. The van der Waals surface area contributed by atoms with Gasteiger partial charge in [0.2, 0.25) is 0 Å². The van der Waals surface area contributed by atoms with Crippen LogP contribution < -0.4 is 9.47 Å². The molecule has 0 atom stereocenters. The molecule has 0 aliphatic carbocycles. The van der Waals surface area contributed by atoms with Crippen LogP contribution in [0.25, 0.3) is 0 Å². The molecule has 0 bridgehead atoms. The molecule has 0 aromatic heterocycles. The van der Waals surface area contributed by atoms with Crippen molar-refractivity contribution in [2.45, 2.75) is 25.8 Å². The fourth-order valence-corrected chi connectivity index (χ4v) is 2.56. The molecule has 1 aromatic carbocycles. The predicted molar refractivity (Wildman–Crippen MR) is 66.6 cm³/mol. The Morgan fingerprint density at radius 3 is 2.53 bits per heavy atom. The van der Waals surface area contributed by atoms with Crippen molar-refractivity contribution in [1.82, 2.24) is 4.90 Å². The molecule has 1 fully saturated rings. The molecule has 3 rings (SSSR count). The van der Waals surface area contributed by atoms with Crippen LogP contribution >= 0.6 is 0 Å². The van der Waals surface area contributed by atoms with Crippen LogP contribution in [0.5, 0.6) is 11.5 Å². The molecule has 3 nitrogen and oxygen atoms in total. The van der Waals surface area contributed by atoms with Gasteiger partial charge in [-0.3, -0.25) is 4.90 Å². The van der Waals surface area contributed by atoms with Gasteiger partial charge in [-0.15, -0.1) is 0 Å². The van der Waals surface area contributed by atoms with Gasteiger partial charge >= 0.3 is 0 Å². The molecule has 1 saturated heterocycles. The summed E-state index contributed by atoms with van der Waals surface area (Å²) < 4.78 is 11.1. The van der Waals surface area contributed by atoms with Gasteiger partial charge in [0, 0.05) is 6.54 Å². The second-order valence-electron chi connectivity index (χ2n) is 4.81. The summed E-state index contributed by atoms with van der Waals surface area (Å²) in [7, 11) is 0. The summed E-state index contributed by atoms with van der Waals surface area (Å²) in [4.78, 5) is 2.52. The Labute approximate surface area is 102 Å². The van der Waals surface area contributed by atoms with E-state index in [9.17, 15) is 0 Å². The Hall–Kier alpha value is -1.22. The molecule has 2 aliphatic rings. The lowest BCUT2D eigenvalue weighted by atomic mass is 10.1. The van der Waals surface area contributed by atoms with E-state index in [-0.39, 0.29) is 0 Å². The summed E-state index contributed by atoms with van der Waals surface area (Å²) in [6, 6.07) is 6.32. The highest BCUT2D eigenvalue weighted by atomic mass is 16.6. The fraction of sp³-hybridized carbons (Fsp3) is 0.571. The number of rotatable bonds is 2. The predicted octanol–water partition coefficient (Wildman–Crippen LogP) is 2.44. The van der Waals surface area contributed by atoms with Crippen LogP contribution in [0.15, 0.2) is 18.2 Å². The number of fused-ring (bicyclic) bond motifs is 1. The number of ether oxygens (including phenoxy) is 2. The van der Waals surface area contributed by atoms with Gasteiger partial charge < -0.3 is 9.47 Å². The average Bonchev–Trinajstić information content (AvgIpc) is 2.40. The average molecular weight is 233 g/mol.